The second-order valence-electron chi connectivity index (χ2n) is 5.27. The maximum atomic E-state index is 5.54. The molecule has 118 valence electrons. The molecule has 0 radical (unpaired) electrons. The first kappa shape index (κ1) is 15.4. The van der Waals surface area contributed by atoms with Gasteiger partial charge < -0.3 is 11.1 Å². The monoisotopic (exact) mass is 326 g/mol. The van der Waals surface area contributed by atoms with Crippen LogP contribution in [0.3, 0.4) is 0 Å². The molecule has 4 N–H and O–H groups in total. The van der Waals surface area contributed by atoms with Gasteiger partial charge in [0.25, 0.3) is 0 Å². The minimum atomic E-state index is 0.289. The minimum Gasteiger partial charge on any atom is -0.368 e. The minimum absolute atomic E-state index is 0.289. The van der Waals surface area contributed by atoms with E-state index in [0.29, 0.717) is 5.95 Å². The highest BCUT2D eigenvalue weighted by molar-refractivity contribution is 7.98. The quantitative estimate of drug-likeness (QED) is 0.635. The van der Waals surface area contributed by atoms with E-state index in [1.165, 1.54) is 5.56 Å². The number of nitrogens with zero attached hydrogens (tertiary/aromatic N) is 3. The van der Waals surface area contributed by atoms with Crippen LogP contribution in [0.1, 0.15) is 11.1 Å². The molecule has 7 heteroatoms. The van der Waals surface area contributed by atoms with Gasteiger partial charge in [0.05, 0.1) is 0 Å². The standard InChI is InChI=1S/C16H18N6S/c1-9-4-12(19-16-20-15(17)21-22-16)5-10(2)14(9)11-6-13(23-3)8-18-7-11/h4-8H,1-3H3,(H4,17,19,20,21,22). The molecule has 0 aliphatic rings. The number of hydrogen-bond acceptors (Lipinski definition) is 6. The molecular formula is C16H18N6S. The molecule has 0 aliphatic carbocycles. The van der Waals surface area contributed by atoms with Gasteiger partial charge in [-0.25, -0.2) is 5.10 Å². The van der Waals surface area contributed by atoms with Crippen LogP contribution in [0.25, 0.3) is 11.1 Å². The lowest BCUT2D eigenvalue weighted by Crippen LogP contribution is -1.97. The number of anilines is 3. The molecule has 1 aromatic carbocycles. The van der Waals surface area contributed by atoms with Crippen molar-refractivity contribution in [3.05, 3.63) is 41.7 Å². The molecule has 0 saturated heterocycles. The summed E-state index contributed by atoms with van der Waals surface area (Å²) < 4.78 is 0. The highest BCUT2D eigenvalue weighted by atomic mass is 32.2. The first-order valence-corrected chi connectivity index (χ1v) is 8.35. The molecule has 23 heavy (non-hydrogen) atoms. The van der Waals surface area contributed by atoms with E-state index in [2.05, 4.69) is 63.8 Å². The number of aromatic amines is 1. The Kier molecular flexibility index (Phi) is 4.20. The molecule has 2 aromatic heterocycles. The number of rotatable bonds is 4. The third kappa shape index (κ3) is 3.29. The average molecular weight is 326 g/mol. The number of nitrogen functional groups attached to an aromatic ring is 1. The molecular weight excluding hydrogens is 308 g/mol. The van der Waals surface area contributed by atoms with Gasteiger partial charge in [0, 0.05) is 28.5 Å². The van der Waals surface area contributed by atoms with E-state index in [0.717, 1.165) is 27.3 Å². The van der Waals surface area contributed by atoms with Crippen molar-refractivity contribution in [3.8, 4) is 11.1 Å². The van der Waals surface area contributed by atoms with E-state index in [-0.39, 0.29) is 5.95 Å². The average Bonchev–Trinajstić information content (AvgIpc) is 2.92. The van der Waals surface area contributed by atoms with Crippen LogP contribution in [-0.4, -0.2) is 26.4 Å². The fraction of sp³-hybridized carbons (Fsp3) is 0.188. The summed E-state index contributed by atoms with van der Waals surface area (Å²) in [5, 5.41) is 9.75. The van der Waals surface area contributed by atoms with E-state index in [1.54, 1.807) is 11.8 Å². The lowest BCUT2D eigenvalue weighted by Gasteiger charge is -2.13. The number of thioether (sulfide) groups is 1. The molecule has 3 rings (SSSR count). The largest absolute Gasteiger partial charge is 0.368 e. The number of H-pyrrole nitrogens is 1. The van der Waals surface area contributed by atoms with E-state index in [4.69, 9.17) is 5.73 Å². The Bertz CT molecular complexity index is 819. The summed E-state index contributed by atoms with van der Waals surface area (Å²) in [4.78, 5) is 9.54. The van der Waals surface area contributed by atoms with Crippen molar-refractivity contribution < 1.29 is 0 Å². The van der Waals surface area contributed by atoms with Crippen LogP contribution in [-0.2, 0) is 0 Å². The van der Waals surface area contributed by atoms with Crippen LogP contribution >= 0.6 is 11.8 Å². The van der Waals surface area contributed by atoms with Gasteiger partial charge in [-0.1, -0.05) is 0 Å². The number of hydrogen-bond donors (Lipinski definition) is 3. The second kappa shape index (κ2) is 6.29. The van der Waals surface area contributed by atoms with Gasteiger partial charge >= 0.3 is 0 Å². The zero-order valence-corrected chi connectivity index (χ0v) is 14.0. The Labute approximate surface area is 138 Å². The number of nitrogens with two attached hydrogens (primary N) is 1. The smallest absolute Gasteiger partial charge is 0.248 e. The van der Waals surface area contributed by atoms with Crippen molar-refractivity contribution in [1.29, 1.82) is 0 Å². The molecule has 0 bridgehead atoms. The predicted molar refractivity (Wildman–Crippen MR) is 95.0 cm³/mol. The van der Waals surface area contributed by atoms with Crippen LogP contribution in [0.15, 0.2) is 35.5 Å². The van der Waals surface area contributed by atoms with Gasteiger partial charge in [0.15, 0.2) is 0 Å². The zero-order valence-electron chi connectivity index (χ0n) is 13.2. The fourth-order valence-electron chi connectivity index (χ4n) is 2.62. The van der Waals surface area contributed by atoms with Crippen molar-refractivity contribution in [2.45, 2.75) is 18.7 Å². The Morgan fingerprint density at radius 2 is 1.87 bits per heavy atom. The van der Waals surface area contributed by atoms with E-state index < -0.39 is 0 Å². The van der Waals surface area contributed by atoms with Gasteiger partial charge in [-0.2, -0.15) is 4.98 Å². The molecule has 0 saturated carbocycles. The van der Waals surface area contributed by atoms with Crippen LogP contribution in [0.5, 0.6) is 0 Å². The highest BCUT2D eigenvalue weighted by Gasteiger charge is 2.10. The van der Waals surface area contributed by atoms with E-state index in [1.807, 2.05) is 12.4 Å². The fourth-order valence-corrected chi connectivity index (χ4v) is 3.03. The maximum absolute atomic E-state index is 5.54. The summed E-state index contributed by atoms with van der Waals surface area (Å²) in [5.74, 6) is 0.748. The van der Waals surface area contributed by atoms with Gasteiger partial charge in [-0.15, -0.1) is 16.9 Å². The third-order valence-corrected chi connectivity index (χ3v) is 4.22. The third-order valence-electron chi connectivity index (χ3n) is 3.53. The predicted octanol–water partition coefficient (Wildman–Crippen LogP) is 3.53. The SMILES string of the molecule is CSc1cncc(-c2c(C)cc(Nc3n[nH]c(N)n3)cc2C)c1. The Morgan fingerprint density at radius 3 is 2.48 bits per heavy atom. The molecule has 3 aromatic rings. The molecule has 2 heterocycles. The lowest BCUT2D eigenvalue weighted by molar-refractivity contribution is 1.10. The summed E-state index contributed by atoms with van der Waals surface area (Å²) in [6, 6.07) is 6.30. The Morgan fingerprint density at radius 1 is 1.13 bits per heavy atom. The lowest BCUT2D eigenvalue weighted by atomic mass is 9.96. The Hall–Kier alpha value is -2.54. The number of aryl methyl sites for hydroxylation is 2. The van der Waals surface area contributed by atoms with E-state index >= 15 is 0 Å². The first-order chi connectivity index (χ1) is 11.1. The molecule has 0 amide bonds. The van der Waals surface area contributed by atoms with Crippen LogP contribution in [0.2, 0.25) is 0 Å². The summed E-state index contributed by atoms with van der Waals surface area (Å²) in [6.07, 6.45) is 5.83. The van der Waals surface area contributed by atoms with Gasteiger partial charge in [0.2, 0.25) is 11.9 Å². The molecule has 0 fully saturated rings. The molecule has 0 atom stereocenters. The van der Waals surface area contributed by atoms with Crippen LogP contribution in [0, 0.1) is 13.8 Å². The summed E-state index contributed by atoms with van der Waals surface area (Å²) >= 11 is 1.69. The van der Waals surface area contributed by atoms with Crippen LogP contribution in [0.4, 0.5) is 17.6 Å². The normalized spacial score (nSPS) is 10.7. The number of pyridine rings is 1. The van der Waals surface area contributed by atoms with Gasteiger partial charge in [-0.3, -0.25) is 4.98 Å². The zero-order chi connectivity index (χ0) is 16.4. The van der Waals surface area contributed by atoms with Crippen molar-refractivity contribution >= 4 is 29.3 Å². The highest BCUT2D eigenvalue weighted by Crippen LogP contribution is 2.32. The van der Waals surface area contributed by atoms with E-state index in [9.17, 15) is 0 Å². The first-order valence-electron chi connectivity index (χ1n) is 7.12. The van der Waals surface area contributed by atoms with Crippen molar-refractivity contribution in [2.75, 3.05) is 17.3 Å². The maximum Gasteiger partial charge on any atom is 0.248 e. The van der Waals surface area contributed by atoms with Crippen molar-refractivity contribution in [3.63, 3.8) is 0 Å². The van der Waals surface area contributed by atoms with Crippen LogP contribution < -0.4 is 11.1 Å². The summed E-state index contributed by atoms with van der Waals surface area (Å²) in [5.41, 5.74) is 11.1. The van der Waals surface area contributed by atoms with Crippen molar-refractivity contribution in [1.82, 2.24) is 20.2 Å². The molecule has 0 unspecified atom stereocenters. The molecule has 6 nitrogen and oxygen atoms in total. The van der Waals surface area contributed by atoms with Gasteiger partial charge in [0.1, 0.15) is 0 Å². The number of benzene rings is 1. The Balaban J connectivity index is 1.96. The molecule has 0 aliphatic heterocycles. The topological polar surface area (TPSA) is 92.5 Å². The summed E-state index contributed by atoms with van der Waals surface area (Å²) in [6.45, 7) is 4.18. The number of nitrogens with one attached hydrogen (secondary N) is 2. The second-order valence-corrected chi connectivity index (χ2v) is 6.15. The molecule has 0 spiro atoms. The number of aromatic nitrogens is 4. The summed E-state index contributed by atoms with van der Waals surface area (Å²) in [7, 11) is 0. The van der Waals surface area contributed by atoms with Crippen molar-refractivity contribution in [2.24, 2.45) is 0 Å². The van der Waals surface area contributed by atoms with Gasteiger partial charge in [-0.05, 0) is 55.0 Å².